The summed E-state index contributed by atoms with van der Waals surface area (Å²) in [5.74, 6) is 1.96. The number of carbonyl (C=O) groups excluding carboxylic acids is 1. The summed E-state index contributed by atoms with van der Waals surface area (Å²) >= 11 is 0. The third kappa shape index (κ3) is 12.1. The van der Waals surface area contributed by atoms with E-state index in [0.717, 1.165) is 53.4 Å². The molecule has 2 aromatic heterocycles. The van der Waals surface area contributed by atoms with Crippen molar-refractivity contribution in [2.75, 3.05) is 11.5 Å². The zero-order chi connectivity index (χ0) is 32.8. The molecule has 0 aliphatic rings. The third-order valence-corrected chi connectivity index (χ3v) is 8.96. The number of hydrogen-bond acceptors (Lipinski definition) is 3. The monoisotopic (exact) mass is 703 g/mol. The molecule has 6 heteroatoms. The van der Waals surface area contributed by atoms with Crippen molar-refractivity contribution in [3.63, 3.8) is 0 Å². The molecule has 0 aliphatic carbocycles. The molecule has 5 nitrogen and oxygen atoms in total. The van der Waals surface area contributed by atoms with Crippen LogP contribution in [-0.2, 0) is 23.2 Å². The molecule has 2 aromatic carbocycles. The molecule has 0 fully saturated rings. The lowest BCUT2D eigenvalue weighted by Crippen LogP contribution is -2.28. The summed E-state index contributed by atoms with van der Waals surface area (Å²) in [4.78, 5) is 19.3. The highest BCUT2D eigenvalue weighted by Crippen LogP contribution is 2.33. The van der Waals surface area contributed by atoms with E-state index in [-0.39, 0.29) is 28.3 Å². The summed E-state index contributed by atoms with van der Waals surface area (Å²) in [6, 6.07) is 20.9. The van der Waals surface area contributed by atoms with E-state index >= 15 is 0 Å². The van der Waals surface area contributed by atoms with E-state index in [0.29, 0.717) is 6.54 Å². The fourth-order valence-corrected chi connectivity index (χ4v) is 6.20. The highest BCUT2D eigenvalue weighted by molar-refractivity contribution is 8.93. The van der Waals surface area contributed by atoms with Crippen molar-refractivity contribution in [2.45, 2.75) is 130 Å². The molecule has 0 N–H and O–H groups in total. The average Bonchev–Trinajstić information content (AvgIpc) is 3.44. The number of pyridine rings is 1. The number of carbonyl (C=O) groups is 1. The molecule has 1 amide bonds. The third-order valence-electron chi connectivity index (χ3n) is 8.96. The number of nitrogens with zero attached hydrogens (tertiary/aromatic N) is 3. The lowest BCUT2D eigenvalue weighted by atomic mass is 9.85. The van der Waals surface area contributed by atoms with Gasteiger partial charge >= 0.3 is 0 Å². The zero-order valence-electron chi connectivity index (χ0n) is 29.6. The molecular weight excluding hydrogens is 646 g/mol. The minimum Gasteiger partial charge on any atom is -0.493 e. The molecule has 47 heavy (non-hydrogen) atoms. The number of rotatable bonds is 19. The molecule has 2 heterocycles. The van der Waals surface area contributed by atoms with Crippen LogP contribution >= 0.6 is 17.0 Å². The van der Waals surface area contributed by atoms with Gasteiger partial charge in [0.05, 0.1) is 24.9 Å². The fourth-order valence-electron chi connectivity index (χ4n) is 6.20. The van der Waals surface area contributed by atoms with Gasteiger partial charge in [-0.25, -0.2) is 4.98 Å². The average molecular weight is 705 g/mol. The van der Waals surface area contributed by atoms with Gasteiger partial charge in [0.1, 0.15) is 11.6 Å². The van der Waals surface area contributed by atoms with Crippen LogP contribution in [-0.4, -0.2) is 21.9 Å². The minimum absolute atomic E-state index is 0. The summed E-state index contributed by atoms with van der Waals surface area (Å²) in [6.07, 6.45) is 20.7. The van der Waals surface area contributed by atoms with E-state index < -0.39 is 0 Å². The number of unbranched alkanes of at least 4 members (excludes halogenated alkanes) is 11. The van der Waals surface area contributed by atoms with Crippen LogP contribution in [0.5, 0.6) is 5.75 Å². The Morgan fingerprint density at radius 2 is 1.43 bits per heavy atom. The molecule has 0 radical (unpaired) electrons. The van der Waals surface area contributed by atoms with Gasteiger partial charge in [-0.3, -0.25) is 4.79 Å². The molecule has 0 spiro atoms. The molecule has 256 valence electrons. The van der Waals surface area contributed by atoms with Crippen molar-refractivity contribution < 1.29 is 9.53 Å². The van der Waals surface area contributed by atoms with Gasteiger partial charge in [0, 0.05) is 25.2 Å². The maximum absolute atomic E-state index is 12.8. The molecular formula is C41H58BrN3O2. The maximum Gasteiger partial charge on any atom is 0.224 e. The zero-order valence-corrected chi connectivity index (χ0v) is 31.3. The number of ether oxygens (including phenoxy) is 1. The fraction of sp³-hybridized carbons (Fsp3) is 0.512. The quantitative estimate of drug-likeness (QED) is 0.0913. The van der Waals surface area contributed by atoms with Gasteiger partial charge in [0.2, 0.25) is 5.91 Å². The van der Waals surface area contributed by atoms with Gasteiger partial charge in [-0.05, 0) is 58.9 Å². The number of halogens is 1. The van der Waals surface area contributed by atoms with Crippen molar-refractivity contribution in [1.29, 1.82) is 0 Å². The Morgan fingerprint density at radius 1 is 0.809 bits per heavy atom. The topological polar surface area (TPSA) is 46.8 Å². The number of hydrogen-bond donors (Lipinski definition) is 0. The molecule has 0 unspecified atom stereocenters. The molecule has 4 rings (SSSR count). The van der Waals surface area contributed by atoms with Crippen molar-refractivity contribution in [3.8, 4) is 5.75 Å². The lowest BCUT2D eigenvalue weighted by Gasteiger charge is -2.26. The van der Waals surface area contributed by atoms with Crippen LogP contribution in [0.15, 0.2) is 73.1 Å². The van der Waals surface area contributed by atoms with Gasteiger partial charge in [-0.1, -0.05) is 129 Å². The predicted molar refractivity (Wildman–Crippen MR) is 203 cm³/mol. The number of aromatic nitrogens is 2. The maximum atomic E-state index is 12.8. The summed E-state index contributed by atoms with van der Waals surface area (Å²) in [5, 5.41) is 0. The van der Waals surface area contributed by atoms with E-state index in [2.05, 4.69) is 73.5 Å². The molecule has 0 saturated heterocycles. The van der Waals surface area contributed by atoms with Crippen molar-refractivity contribution in [2.24, 2.45) is 0 Å². The van der Waals surface area contributed by atoms with Crippen LogP contribution in [0.25, 0.3) is 5.52 Å². The standard InChI is InChI=1S/C41H57N3O2.BrH/c1-6-7-8-9-10-11-12-13-14-15-16-19-28-46-39-29-35(23-26-38(39)41(3,4)5)32-44(33(2)45)36-24-21-34(22-25-36)30-40-42-31-37-20-17-18-27-43(37)40;/h17-18,20-27,29,31H,6-16,19,28,30,32H2,1-5H3;1H. The first-order valence-corrected chi connectivity index (χ1v) is 17.8. The van der Waals surface area contributed by atoms with Gasteiger partial charge in [0.25, 0.3) is 0 Å². The van der Waals surface area contributed by atoms with Gasteiger partial charge in [-0.15, -0.1) is 17.0 Å². The largest absolute Gasteiger partial charge is 0.493 e. The lowest BCUT2D eigenvalue weighted by molar-refractivity contribution is -0.116. The normalized spacial score (nSPS) is 11.4. The molecule has 0 atom stereocenters. The molecule has 0 aliphatic heterocycles. The van der Waals surface area contributed by atoms with Crippen molar-refractivity contribution in [3.05, 3.63) is 95.6 Å². The van der Waals surface area contributed by atoms with Crippen LogP contribution < -0.4 is 9.64 Å². The Balaban J connectivity index is 0.00000600. The summed E-state index contributed by atoms with van der Waals surface area (Å²) < 4.78 is 8.55. The molecule has 0 bridgehead atoms. The van der Waals surface area contributed by atoms with E-state index in [9.17, 15) is 4.79 Å². The smallest absolute Gasteiger partial charge is 0.224 e. The number of amides is 1. The summed E-state index contributed by atoms with van der Waals surface area (Å²) in [6.45, 7) is 11.8. The Morgan fingerprint density at radius 3 is 2.04 bits per heavy atom. The van der Waals surface area contributed by atoms with Crippen LogP contribution in [0.2, 0.25) is 0 Å². The van der Waals surface area contributed by atoms with Crippen LogP contribution in [0, 0.1) is 0 Å². The second-order valence-corrected chi connectivity index (χ2v) is 13.9. The van der Waals surface area contributed by atoms with E-state index in [1.165, 1.54) is 76.2 Å². The molecule has 4 aromatic rings. The minimum atomic E-state index is -0.0271. The van der Waals surface area contributed by atoms with E-state index in [1.807, 2.05) is 41.6 Å². The molecule has 0 saturated carbocycles. The number of fused-ring (bicyclic) bond motifs is 1. The first kappa shape index (κ1) is 38.3. The van der Waals surface area contributed by atoms with E-state index in [4.69, 9.17) is 4.74 Å². The number of benzene rings is 2. The second kappa shape index (κ2) is 19.6. The van der Waals surface area contributed by atoms with Crippen LogP contribution in [0.3, 0.4) is 0 Å². The predicted octanol–water partition coefficient (Wildman–Crippen LogP) is 11.4. The first-order valence-electron chi connectivity index (χ1n) is 17.8. The highest BCUT2D eigenvalue weighted by Gasteiger charge is 2.21. The first-order chi connectivity index (χ1) is 22.3. The van der Waals surface area contributed by atoms with Crippen molar-refractivity contribution in [1.82, 2.24) is 9.38 Å². The van der Waals surface area contributed by atoms with Gasteiger partial charge in [-0.2, -0.15) is 0 Å². The van der Waals surface area contributed by atoms with Crippen LogP contribution in [0.4, 0.5) is 5.69 Å². The van der Waals surface area contributed by atoms with Gasteiger partial charge < -0.3 is 14.0 Å². The van der Waals surface area contributed by atoms with Crippen LogP contribution in [0.1, 0.15) is 134 Å². The SMILES string of the molecule is Br.CCCCCCCCCCCCCCOc1cc(CN(C(C)=O)c2ccc(Cc3ncc4ccccn34)cc2)ccc1C(C)(C)C. The Labute approximate surface area is 294 Å². The van der Waals surface area contributed by atoms with Crippen molar-refractivity contribution >= 4 is 34.1 Å². The Hall–Kier alpha value is -3.12. The summed E-state index contributed by atoms with van der Waals surface area (Å²) in [5.41, 5.74) is 5.39. The second-order valence-electron chi connectivity index (χ2n) is 13.9. The number of imidazole rings is 1. The number of anilines is 1. The summed E-state index contributed by atoms with van der Waals surface area (Å²) in [7, 11) is 0. The van der Waals surface area contributed by atoms with E-state index in [1.54, 1.807) is 6.92 Å². The Kier molecular flexibility index (Phi) is 16.0. The Bertz CT molecular complexity index is 1490. The van der Waals surface area contributed by atoms with Gasteiger partial charge in [0.15, 0.2) is 0 Å². The highest BCUT2D eigenvalue weighted by atomic mass is 79.9.